The second-order valence-corrected chi connectivity index (χ2v) is 8.72. The first-order valence-electron chi connectivity index (χ1n) is 8.38. The molecule has 0 unspecified atom stereocenters. The molecule has 0 radical (unpaired) electrons. The van der Waals surface area contributed by atoms with E-state index in [2.05, 4.69) is 15.0 Å². The van der Waals surface area contributed by atoms with Crippen molar-refractivity contribution in [2.24, 2.45) is 0 Å². The molecular formula is C19H19N3O4S2. The molecule has 0 atom stereocenters. The van der Waals surface area contributed by atoms with Crippen LogP contribution in [0.25, 0.3) is 0 Å². The van der Waals surface area contributed by atoms with E-state index < -0.39 is 10.0 Å². The summed E-state index contributed by atoms with van der Waals surface area (Å²) in [7, 11) is -2.05. The number of carbonyl (C=O) groups excluding carboxylic acids is 1. The number of ether oxygens (including phenoxy) is 1. The normalized spacial score (nSPS) is 11.0. The van der Waals surface area contributed by atoms with Crippen LogP contribution in [0, 0.1) is 0 Å². The number of thiophene rings is 1. The highest BCUT2D eigenvalue weighted by atomic mass is 32.2. The molecule has 0 saturated heterocycles. The molecule has 9 heteroatoms. The van der Waals surface area contributed by atoms with E-state index in [1.54, 1.807) is 54.0 Å². The number of carbonyl (C=O) groups is 1. The van der Waals surface area contributed by atoms with Gasteiger partial charge >= 0.3 is 0 Å². The number of rotatable bonds is 8. The van der Waals surface area contributed by atoms with Crippen LogP contribution in [0.15, 0.2) is 64.3 Å². The summed E-state index contributed by atoms with van der Waals surface area (Å²) in [4.78, 5) is 16.3. The maximum atomic E-state index is 12.2. The van der Waals surface area contributed by atoms with Crippen molar-refractivity contribution in [2.75, 3.05) is 11.8 Å². The fourth-order valence-corrected chi connectivity index (χ4v) is 4.55. The van der Waals surface area contributed by atoms with Crippen LogP contribution in [0.3, 0.4) is 0 Å². The number of anilines is 1. The first-order chi connectivity index (χ1) is 13.5. The van der Waals surface area contributed by atoms with Gasteiger partial charge in [0.25, 0.3) is 10.0 Å². The number of amides is 1. The highest BCUT2D eigenvalue weighted by Crippen LogP contribution is 2.20. The number of pyridine rings is 1. The number of nitrogens with zero attached hydrogens (tertiary/aromatic N) is 1. The minimum Gasteiger partial charge on any atom is -0.481 e. The van der Waals surface area contributed by atoms with Crippen molar-refractivity contribution in [3.63, 3.8) is 0 Å². The SMILES string of the molecule is COc1ncccc1CNC(=O)Cc1ccc(NS(=O)(=O)c2cccs2)cc1. The van der Waals surface area contributed by atoms with Crippen LogP contribution in [0.1, 0.15) is 11.1 Å². The van der Waals surface area contributed by atoms with Crippen LogP contribution in [0.2, 0.25) is 0 Å². The lowest BCUT2D eigenvalue weighted by Crippen LogP contribution is -2.24. The fourth-order valence-electron chi connectivity index (χ4n) is 2.50. The third kappa shape index (κ3) is 5.08. The van der Waals surface area contributed by atoms with Gasteiger partial charge in [0.2, 0.25) is 11.8 Å². The van der Waals surface area contributed by atoms with Gasteiger partial charge in [0.05, 0.1) is 13.5 Å². The van der Waals surface area contributed by atoms with Crippen molar-refractivity contribution in [1.82, 2.24) is 10.3 Å². The summed E-state index contributed by atoms with van der Waals surface area (Å²) in [5.74, 6) is 0.322. The Morgan fingerprint density at radius 1 is 1.14 bits per heavy atom. The lowest BCUT2D eigenvalue weighted by Gasteiger charge is -2.09. The van der Waals surface area contributed by atoms with E-state index in [-0.39, 0.29) is 16.5 Å². The monoisotopic (exact) mass is 417 g/mol. The van der Waals surface area contributed by atoms with Crippen LogP contribution >= 0.6 is 11.3 Å². The van der Waals surface area contributed by atoms with E-state index in [9.17, 15) is 13.2 Å². The first-order valence-corrected chi connectivity index (χ1v) is 10.7. The number of aromatic nitrogens is 1. The molecule has 2 N–H and O–H groups in total. The van der Waals surface area contributed by atoms with Crippen LogP contribution in [-0.2, 0) is 27.8 Å². The average molecular weight is 418 g/mol. The van der Waals surface area contributed by atoms with Crippen molar-refractivity contribution < 1.29 is 17.9 Å². The van der Waals surface area contributed by atoms with Crippen LogP contribution in [-0.4, -0.2) is 26.4 Å². The van der Waals surface area contributed by atoms with Gasteiger partial charge in [0, 0.05) is 24.0 Å². The molecule has 0 aliphatic rings. The van der Waals surface area contributed by atoms with Gasteiger partial charge in [-0.1, -0.05) is 24.3 Å². The molecule has 1 amide bonds. The zero-order valence-corrected chi connectivity index (χ0v) is 16.7. The van der Waals surface area contributed by atoms with Crippen LogP contribution in [0.5, 0.6) is 5.88 Å². The number of sulfonamides is 1. The second kappa shape index (κ2) is 8.85. The van der Waals surface area contributed by atoms with Gasteiger partial charge in [-0.2, -0.15) is 0 Å². The molecule has 1 aromatic carbocycles. The van der Waals surface area contributed by atoms with Crippen LogP contribution in [0.4, 0.5) is 5.69 Å². The van der Waals surface area contributed by atoms with Crippen molar-refractivity contribution in [2.45, 2.75) is 17.2 Å². The van der Waals surface area contributed by atoms with Gasteiger partial charge in [0.1, 0.15) is 4.21 Å². The Kier molecular flexibility index (Phi) is 6.27. The largest absolute Gasteiger partial charge is 0.481 e. The fraction of sp³-hybridized carbons (Fsp3) is 0.158. The van der Waals surface area contributed by atoms with Gasteiger partial charge in [-0.3, -0.25) is 9.52 Å². The Balaban J connectivity index is 1.56. The Labute approximate surface area is 167 Å². The predicted molar refractivity (Wildman–Crippen MR) is 108 cm³/mol. The molecule has 0 saturated carbocycles. The molecule has 0 spiro atoms. The summed E-state index contributed by atoms with van der Waals surface area (Å²) in [6.45, 7) is 0.314. The summed E-state index contributed by atoms with van der Waals surface area (Å²) in [6.07, 6.45) is 1.80. The number of methoxy groups -OCH3 is 1. The Hall–Kier alpha value is -2.91. The van der Waals surface area contributed by atoms with Crippen LogP contribution < -0.4 is 14.8 Å². The molecule has 7 nitrogen and oxygen atoms in total. The topological polar surface area (TPSA) is 97.4 Å². The molecule has 0 aliphatic heterocycles. The zero-order valence-electron chi connectivity index (χ0n) is 15.1. The lowest BCUT2D eigenvalue weighted by atomic mass is 10.1. The first kappa shape index (κ1) is 19.8. The molecule has 3 rings (SSSR count). The Bertz CT molecular complexity index is 1030. The van der Waals surface area contributed by atoms with E-state index in [1.807, 2.05) is 6.07 Å². The van der Waals surface area contributed by atoms with Gasteiger partial charge in [-0.25, -0.2) is 13.4 Å². The summed E-state index contributed by atoms with van der Waals surface area (Å²) in [6, 6.07) is 13.6. The maximum absolute atomic E-state index is 12.2. The molecule has 0 bridgehead atoms. The molecule has 2 heterocycles. The van der Waals surface area contributed by atoms with Gasteiger partial charge in [-0.15, -0.1) is 11.3 Å². The molecule has 2 aromatic heterocycles. The average Bonchev–Trinajstić information content (AvgIpc) is 3.24. The molecule has 28 heavy (non-hydrogen) atoms. The minimum absolute atomic E-state index is 0.155. The summed E-state index contributed by atoms with van der Waals surface area (Å²) < 4.78 is 32.4. The molecule has 0 aliphatic carbocycles. The lowest BCUT2D eigenvalue weighted by molar-refractivity contribution is -0.120. The number of hydrogen-bond acceptors (Lipinski definition) is 6. The molecule has 0 fully saturated rings. The standard InChI is InChI=1S/C19H19N3O4S2/c1-26-19-15(4-2-10-20-19)13-21-17(23)12-14-6-8-16(9-7-14)22-28(24,25)18-5-3-11-27-18/h2-11,22H,12-13H2,1H3,(H,21,23). The minimum atomic E-state index is -3.58. The highest BCUT2D eigenvalue weighted by molar-refractivity contribution is 7.94. The smallest absolute Gasteiger partial charge is 0.271 e. The third-order valence-electron chi connectivity index (χ3n) is 3.85. The second-order valence-electron chi connectivity index (χ2n) is 5.86. The van der Waals surface area contributed by atoms with Crippen molar-refractivity contribution in [1.29, 1.82) is 0 Å². The predicted octanol–water partition coefficient (Wildman–Crippen LogP) is 2.81. The van der Waals surface area contributed by atoms with Gasteiger partial charge in [0.15, 0.2) is 0 Å². The van der Waals surface area contributed by atoms with E-state index >= 15 is 0 Å². The van der Waals surface area contributed by atoms with Crippen molar-refractivity contribution >= 4 is 33.0 Å². The summed E-state index contributed by atoms with van der Waals surface area (Å²) >= 11 is 1.15. The van der Waals surface area contributed by atoms with E-state index in [4.69, 9.17) is 4.74 Å². The van der Waals surface area contributed by atoms with Crippen molar-refractivity contribution in [3.05, 3.63) is 71.2 Å². The number of nitrogens with one attached hydrogen (secondary N) is 2. The molecular weight excluding hydrogens is 398 g/mol. The maximum Gasteiger partial charge on any atom is 0.271 e. The quantitative estimate of drug-likeness (QED) is 0.587. The van der Waals surface area contributed by atoms with E-state index in [0.717, 1.165) is 22.5 Å². The van der Waals surface area contributed by atoms with E-state index in [1.165, 1.54) is 7.11 Å². The summed E-state index contributed by atoms with van der Waals surface area (Å²) in [5.41, 5.74) is 2.00. The summed E-state index contributed by atoms with van der Waals surface area (Å²) in [5, 5.41) is 4.53. The highest BCUT2D eigenvalue weighted by Gasteiger charge is 2.15. The van der Waals surface area contributed by atoms with Gasteiger partial charge < -0.3 is 10.1 Å². The molecule has 3 aromatic rings. The molecule has 146 valence electrons. The third-order valence-corrected chi connectivity index (χ3v) is 6.63. The Morgan fingerprint density at radius 2 is 1.93 bits per heavy atom. The van der Waals surface area contributed by atoms with E-state index in [0.29, 0.717) is 18.1 Å². The zero-order chi connectivity index (χ0) is 20.0. The van der Waals surface area contributed by atoms with Gasteiger partial charge in [-0.05, 0) is 35.2 Å². The van der Waals surface area contributed by atoms with Crippen molar-refractivity contribution in [3.8, 4) is 5.88 Å². The number of benzene rings is 1. The number of hydrogen-bond donors (Lipinski definition) is 2. The Morgan fingerprint density at radius 3 is 2.61 bits per heavy atom.